The van der Waals surface area contributed by atoms with E-state index in [1.165, 1.54) is 12.0 Å². The predicted molar refractivity (Wildman–Crippen MR) is 44.3 cm³/mol. The molecule has 0 fully saturated rings. The zero-order valence-electron chi connectivity index (χ0n) is 6.08. The van der Waals surface area contributed by atoms with Crippen LogP contribution >= 0.6 is 11.3 Å². The van der Waals surface area contributed by atoms with Crippen LogP contribution in [0.2, 0.25) is 0 Å². The number of thiophene rings is 1. The number of hydrogen-bond acceptors (Lipinski definition) is 3. The second-order valence-electron chi connectivity index (χ2n) is 2.17. The Morgan fingerprint density at radius 2 is 2.55 bits per heavy atom. The zero-order chi connectivity index (χ0) is 7.94. The van der Waals surface area contributed by atoms with Gasteiger partial charge in [-0.25, -0.2) is 4.79 Å². The molecule has 2 nitrogen and oxygen atoms in total. The topological polar surface area (TPSA) is 26.3 Å². The van der Waals surface area contributed by atoms with Crippen LogP contribution in [0.4, 0.5) is 0 Å². The normalized spacial score (nSPS) is 9.45. The molecule has 1 aromatic rings. The molecule has 0 spiro atoms. The lowest BCUT2D eigenvalue weighted by Gasteiger charge is -1.95. The molecular formula is C8H9O2S. The Hall–Kier alpha value is -0.830. The van der Waals surface area contributed by atoms with Gasteiger partial charge in [0.1, 0.15) is 0 Å². The lowest BCUT2D eigenvalue weighted by molar-refractivity contribution is 0.273. The third kappa shape index (κ3) is 3.18. The molecular weight excluding hydrogens is 160 g/mol. The second kappa shape index (κ2) is 4.91. The summed E-state index contributed by atoms with van der Waals surface area (Å²) >= 11 is 1.69. The van der Waals surface area contributed by atoms with Gasteiger partial charge in [0.2, 0.25) is 0 Å². The quantitative estimate of drug-likeness (QED) is 0.628. The molecule has 3 heteroatoms. The Bertz CT molecular complexity index is 194. The van der Waals surface area contributed by atoms with E-state index in [-0.39, 0.29) is 0 Å². The number of ether oxygens (including phenoxy) is 1. The van der Waals surface area contributed by atoms with Crippen LogP contribution in [-0.4, -0.2) is 13.1 Å². The molecule has 1 radical (unpaired) electrons. The third-order valence-electron chi connectivity index (χ3n) is 1.35. The summed E-state index contributed by atoms with van der Waals surface area (Å²) in [5, 5.41) is 4.15. The maximum atomic E-state index is 9.62. The van der Waals surface area contributed by atoms with Crippen molar-refractivity contribution < 1.29 is 9.53 Å². The first-order valence-corrected chi connectivity index (χ1v) is 4.38. The van der Waals surface area contributed by atoms with Crippen molar-refractivity contribution in [3.05, 3.63) is 22.4 Å². The summed E-state index contributed by atoms with van der Waals surface area (Å²) < 4.78 is 4.43. The standard InChI is InChI=1S/C8H9O2S/c9-7-10-4-1-2-8-3-5-11-6-8/h3,5-6H,1-2,4H2. The largest absolute Gasteiger partial charge is 0.457 e. The third-order valence-corrected chi connectivity index (χ3v) is 2.08. The van der Waals surface area contributed by atoms with Crippen molar-refractivity contribution in [3.63, 3.8) is 0 Å². The Kier molecular flexibility index (Phi) is 3.69. The van der Waals surface area contributed by atoms with E-state index in [4.69, 9.17) is 0 Å². The van der Waals surface area contributed by atoms with Gasteiger partial charge in [0.05, 0.1) is 6.61 Å². The molecule has 1 heterocycles. The highest BCUT2D eigenvalue weighted by molar-refractivity contribution is 7.07. The molecule has 0 bridgehead atoms. The maximum Gasteiger partial charge on any atom is 0.417 e. The Labute approximate surface area is 69.8 Å². The Morgan fingerprint density at radius 3 is 3.18 bits per heavy atom. The molecule has 0 amide bonds. The van der Waals surface area contributed by atoms with Crippen LogP contribution in [0.3, 0.4) is 0 Å². The van der Waals surface area contributed by atoms with Gasteiger partial charge >= 0.3 is 6.47 Å². The first-order valence-electron chi connectivity index (χ1n) is 3.43. The van der Waals surface area contributed by atoms with Gasteiger partial charge in [0.25, 0.3) is 0 Å². The minimum absolute atomic E-state index is 0.472. The first kappa shape index (κ1) is 8.27. The summed E-state index contributed by atoms with van der Waals surface area (Å²) in [7, 11) is 0. The molecule has 0 atom stereocenters. The molecule has 0 saturated carbocycles. The van der Waals surface area contributed by atoms with Gasteiger partial charge in [-0.3, -0.25) is 0 Å². The van der Waals surface area contributed by atoms with Crippen LogP contribution < -0.4 is 0 Å². The number of aryl methyl sites for hydroxylation is 1. The van der Waals surface area contributed by atoms with Crippen LogP contribution in [0.25, 0.3) is 0 Å². The van der Waals surface area contributed by atoms with Gasteiger partial charge in [-0.05, 0) is 35.2 Å². The number of hydrogen-bond donors (Lipinski definition) is 0. The first-order chi connectivity index (χ1) is 5.43. The predicted octanol–water partition coefficient (Wildman–Crippen LogP) is 1.76. The minimum atomic E-state index is 0.472. The van der Waals surface area contributed by atoms with Crippen molar-refractivity contribution in [2.45, 2.75) is 12.8 Å². The van der Waals surface area contributed by atoms with Gasteiger partial charge in [-0.2, -0.15) is 11.3 Å². The monoisotopic (exact) mass is 169 g/mol. The van der Waals surface area contributed by atoms with E-state index in [2.05, 4.69) is 16.2 Å². The fourth-order valence-electron chi connectivity index (χ4n) is 0.825. The molecule has 0 aliphatic heterocycles. The maximum absolute atomic E-state index is 9.62. The molecule has 0 aliphatic rings. The molecule has 0 aromatic carbocycles. The van der Waals surface area contributed by atoms with Gasteiger partial charge in [-0.15, -0.1) is 0 Å². The van der Waals surface area contributed by atoms with E-state index in [1.807, 2.05) is 5.38 Å². The van der Waals surface area contributed by atoms with Crippen LogP contribution in [-0.2, 0) is 16.0 Å². The molecule has 0 saturated heterocycles. The van der Waals surface area contributed by atoms with Gasteiger partial charge < -0.3 is 4.74 Å². The molecule has 0 N–H and O–H groups in total. The van der Waals surface area contributed by atoms with E-state index >= 15 is 0 Å². The highest BCUT2D eigenvalue weighted by atomic mass is 32.1. The Balaban J connectivity index is 2.09. The summed E-state index contributed by atoms with van der Waals surface area (Å²) in [6.07, 6.45) is 1.86. The van der Waals surface area contributed by atoms with Crippen molar-refractivity contribution >= 4 is 17.8 Å². The fraction of sp³-hybridized carbons (Fsp3) is 0.375. The van der Waals surface area contributed by atoms with E-state index in [0.29, 0.717) is 6.61 Å². The van der Waals surface area contributed by atoms with Gasteiger partial charge in [0, 0.05) is 0 Å². The lowest BCUT2D eigenvalue weighted by atomic mass is 10.2. The van der Waals surface area contributed by atoms with E-state index < -0.39 is 0 Å². The SMILES string of the molecule is O=[C]OCCCc1ccsc1. The molecule has 0 unspecified atom stereocenters. The highest BCUT2D eigenvalue weighted by Gasteiger charge is 1.92. The molecule has 1 rings (SSSR count). The number of rotatable bonds is 5. The van der Waals surface area contributed by atoms with Crippen LogP contribution in [0.15, 0.2) is 16.8 Å². The molecule has 59 valence electrons. The van der Waals surface area contributed by atoms with Crippen LogP contribution in [0.1, 0.15) is 12.0 Å². The van der Waals surface area contributed by atoms with Crippen molar-refractivity contribution in [2.24, 2.45) is 0 Å². The summed E-state index contributed by atoms with van der Waals surface area (Å²) in [6, 6.07) is 2.08. The van der Waals surface area contributed by atoms with Crippen molar-refractivity contribution in [1.29, 1.82) is 0 Å². The molecule has 0 aliphatic carbocycles. The molecule has 1 aromatic heterocycles. The summed E-state index contributed by atoms with van der Waals surface area (Å²) in [5.74, 6) is 0. The second-order valence-corrected chi connectivity index (χ2v) is 2.95. The average molecular weight is 169 g/mol. The van der Waals surface area contributed by atoms with Gasteiger partial charge in [0.15, 0.2) is 0 Å². The minimum Gasteiger partial charge on any atom is -0.457 e. The zero-order valence-corrected chi connectivity index (χ0v) is 6.89. The summed E-state index contributed by atoms with van der Waals surface area (Å²) in [4.78, 5) is 9.62. The van der Waals surface area contributed by atoms with Crippen LogP contribution in [0, 0.1) is 0 Å². The lowest BCUT2D eigenvalue weighted by Crippen LogP contribution is -1.93. The van der Waals surface area contributed by atoms with Crippen molar-refractivity contribution in [3.8, 4) is 0 Å². The Morgan fingerprint density at radius 1 is 1.64 bits per heavy atom. The highest BCUT2D eigenvalue weighted by Crippen LogP contribution is 2.07. The average Bonchev–Trinajstić information content (AvgIpc) is 2.50. The van der Waals surface area contributed by atoms with Crippen molar-refractivity contribution in [2.75, 3.05) is 6.61 Å². The van der Waals surface area contributed by atoms with Crippen LogP contribution in [0.5, 0.6) is 0 Å². The fourth-order valence-corrected chi connectivity index (χ4v) is 1.53. The summed E-state index contributed by atoms with van der Waals surface area (Å²) in [6.45, 7) is 1.87. The van der Waals surface area contributed by atoms with Crippen molar-refractivity contribution in [1.82, 2.24) is 0 Å². The van der Waals surface area contributed by atoms with E-state index in [9.17, 15) is 4.79 Å². The van der Waals surface area contributed by atoms with E-state index in [1.54, 1.807) is 11.3 Å². The van der Waals surface area contributed by atoms with Gasteiger partial charge in [-0.1, -0.05) is 0 Å². The summed E-state index contributed by atoms with van der Waals surface area (Å²) in [5.41, 5.74) is 1.31. The smallest absolute Gasteiger partial charge is 0.417 e. The molecule has 11 heavy (non-hydrogen) atoms. The van der Waals surface area contributed by atoms with E-state index in [0.717, 1.165) is 12.8 Å². The number of carbonyl (C=O) groups excluding carboxylic acids is 1.